The summed E-state index contributed by atoms with van der Waals surface area (Å²) in [7, 11) is 1.82. The monoisotopic (exact) mass is 487 g/mol. The second-order valence-electron chi connectivity index (χ2n) is 8.38. The lowest BCUT2D eigenvalue weighted by Crippen LogP contribution is -2.49. The zero-order valence-corrected chi connectivity index (χ0v) is 19.7. The van der Waals surface area contributed by atoms with E-state index in [2.05, 4.69) is 30.5 Å². The summed E-state index contributed by atoms with van der Waals surface area (Å²) in [4.78, 5) is 29.7. The van der Waals surface area contributed by atoms with Gasteiger partial charge in [-0.1, -0.05) is 18.2 Å². The molecular formula is C24H28F3N7O. The Labute approximate surface area is 201 Å². The van der Waals surface area contributed by atoms with Crippen LogP contribution in [0.25, 0.3) is 10.9 Å². The molecule has 1 amide bonds. The Morgan fingerprint density at radius 3 is 2.66 bits per heavy atom. The largest absolute Gasteiger partial charge is 0.365 e. The number of hydrogen-bond acceptors (Lipinski definition) is 7. The fourth-order valence-corrected chi connectivity index (χ4v) is 4.10. The van der Waals surface area contributed by atoms with E-state index in [1.807, 2.05) is 18.0 Å². The quantitative estimate of drug-likeness (QED) is 0.504. The average molecular weight is 488 g/mol. The van der Waals surface area contributed by atoms with Crippen molar-refractivity contribution in [3.8, 4) is 0 Å². The number of rotatable bonds is 8. The summed E-state index contributed by atoms with van der Waals surface area (Å²) in [5.41, 5.74) is 0.120. The van der Waals surface area contributed by atoms with Crippen LogP contribution in [0.1, 0.15) is 29.8 Å². The molecule has 0 radical (unpaired) electrons. The summed E-state index contributed by atoms with van der Waals surface area (Å²) >= 11 is 0. The standard InChI is InChI=1S/C24H28F3N7O/c1-15-31-19-14-29-20(33-8-10-34(11-9-33)21(35)6-7-28-2)12-18(19)24(32-15)30-13-16-4-3-5-17(22(16)25)23(26)27/h3-5,12,14,23,28H,6-11,13H2,1-2H3,(H,30,31,32). The summed E-state index contributed by atoms with van der Waals surface area (Å²) in [6.07, 6.45) is -0.755. The molecule has 2 aromatic heterocycles. The molecule has 1 aromatic carbocycles. The molecule has 1 fully saturated rings. The van der Waals surface area contributed by atoms with E-state index in [4.69, 9.17) is 0 Å². The molecule has 0 saturated carbocycles. The molecule has 0 bridgehead atoms. The maximum absolute atomic E-state index is 14.5. The van der Waals surface area contributed by atoms with Crippen molar-refractivity contribution in [1.82, 2.24) is 25.2 Å². The molecule has 0 atom stereocenters. The molecule has 4 rings (SSSR count). The fourth-order valence-electron chi connectivity index (χ4n) is 4.10. The van der Waals surface area contributed by atoms with Gasteiger partial charge in [0.2, 0.25) is 5.91 Å². The van der Waals surface area contributed by atoms with Gasteiger partial charge in [-0.15, -0.1) is 0 Å². The Balaban J connectivity index is 1.52. The summed E-state index contributed by atoms with van der Waals surface area (Å²) < 4.78 is 40.6. The summed E-state index contributed by atoms with van der Waals surface area (Å²) in [5, 5.41) is 6.77. The molecular weight excluding hydrogens is 459 g/mol. The van der Waals surface area contributed by atoms with Gasteiger partial charge in [-0.3, -0.25) is 4.79 Å². The van der Waals surface area contributed by atoms with Crippen LogP contribution in [-0.2, 0) is 11.3 Å². The number of aromatic nitrogens is 3. The molecule has 0 spiro atoms. The number of alkyl halides is 2. The van der Waals surface area contributed by atoms with Crippen LogP contribution in [0.15, 0.2) is 30.5 Å². The highest BCUT2D eigenvalue weighted by atomic mass is 19.3. The molecule has 3 aromatic rings. The van der Waals surface area contributed by atoms with Gasteiger partial charge in [-0.2, -0.15) is 0 Å². The third kappa shape index (κ3) is 5.61. The Bertz CT molecular complexity index is 1200. The second kappa shape index (κ2) is 10.9. The van der Waals surface area contributed by atoms with Crippen LogP contribution in [0.3, 0.4) is 0 Å². The van der Waals surface area contributed by atoms with E-state index < -0.39 is 17.8 Å². The number of anilines is 2. The molecule has 2 N–H and O–H groups in total. The molecule has 8 nitrogen and oxygen atoms in total. The number of piperazine rings is 1. The van der Waals surface area contributed by atoms with E-state index in [1.165, 1.54) is 12.1 Å². The number of carbonyl (C=O) groups excluding carboxylic acids is 1. The maximum atomic E-state index is 14.5. The van der Waals surface area contributed by atoms with Gasteiger partial charge in [0, 0.05) is 56.6 Å². The average Bonchev–Trinajstić information content (AvgIpc) is 2.86. The molecule has 3 heterocycles. The van der Waals surface area contributed by atoms with Crippen molar-refractivity contribution in [2.24, 2.45) is 0 Å². The first kappa shape index (κ1) is 24.6. The first-order chi connectivity index (χ1) is 16.9. The SMILES string of the molecule is CNCCC(=O)N1CCN(c2cc3c(NCc4cccc(C(F)F)c4F)nc(C)nc3cn2)CC1. The number of benzene rings is 1. The van der Waals surface area contributed by atoms with Gasteiger partial charge in [-0.25, -0.2) is 28.1 Å². The van der Waals surface area contributed by atoms with Gasteiger partial charge >= 0.3 is 0 Å². The predicted molar refractivity (Wildman–Crippen MR) is 128 cm³/mol. The van der Waals surface area contributed by atoms with Crippen LogP contribution in [-0.4, -0.2) is 65.5 Å². The van der Waals surface area contributed by atoms with Crippen molar-refractivity contribution in [1.29, 1.82) is 0 Å². The van der Waals surface area contributed by atoms with E-state index in [-0.39, 0.29) is 18.0 Å². The zero-order valence-electron chi connectivity index (χ0n) is 19.7. The molecule has 1 aliphatic rings. The third-order valence-corrected chi connectivity index (χ3v) is 6.01. The maximum Gasteiger partial charge on any atom is 0.266 e. The number of pyridine rings is 1. The van der Waals surface area contributed by atoms with Crippen molar-refractivity contribution >= 4 is 28.4 Å². The number of amides is 1. The van der Waals surface area contributed by atoms with Crippen LogP contribution in [0.5, 0.6) is 0 Å². The van der Waals surface area contributed by atoms with Crippen LogP contribution in [0.4, 0.5) is 24.8 Å². The zero-order chi connectivity index (χ0) is 24.9. The first-order valence-corrected chi connectivity index (χ1v) is 11.5. The minimum Gasteiger partial charge on any atom is -0.365 e. The summed E-state index contributed by atoms with van der Waals surface area (Å²) in [5.74, 6) is 0.906. The second-order valence-corrected chi connectivity index (χ2v) is 8.38. The minimum atomic E-state index is -2.88. The number of aryl methyl sites for hydroxylation is 1. The van der Waals surface area contributed by atoms with Crippen LogP contribution >= 0.6 is 0 Å². The number of fused-ring (bicyclic) bond motifs is 1. The van der Waals surface area contributed by atoms with Gasteiger partial charge in [-0.05, 0) is 20.0 Å². The van der Waals surface area contributed by atoms with Crippen LogP contribution in [0, 0.1) is 12.7 Å². The number of hydrogen-bond donors (Lipinski definition) is 2. The Hall–Kier alpha value is -3.47. The minimum absolute atomic E-state index is 0.0109. The van der Waals surface area contributed by atoms with Crippen LogP contribution in [0.2, 0.25) is 0 Å². The molecule has 11 heteroatoms. The van der Waals surface area contributed by atoms with Crippen molar-refractivity contribution in [2.45, 2.75) is 26.3 Å². The number of nitrogens with one attached hydrogen (secondary N) is 2. The van der Waals surface area contributed by atoms with Crippen LogP contribution < -0.4 is 15.5 Å². The Kier molecular flexibility index (Phi) is 7.64. The lowest BCUT2D eigenvalue weighted by atomic mass is 10.1. The molecule has 186 valence electrons. The lowest BCUT2D eigenvalue weighted by Gasteiger charge is -2.35. The topological polar surface area (TPSA) is 86.3 Å². The molecule has 0 aliphatic carbocycles. The molecule has 35 heavy (non-hydrogen) atoms. The smallest absolute Gasteiger partial charge is 0.266 e. The fraction of sp³-hybridized carbons (Fsp3) is 0.417. The highest BCUT2D eigenvalue weighted by molar-refractivity contribution is 5.90. The van der Waals surface area contributed by atoms with Gasteiger partial charge < -0.3 is 20.4 Å². The van der Waals surface area contributed by atoms with E-state index in [1.54, 1.807) is 13.1 Å². The summed E-state index contributed by atoms with van der Waals surface area (Å²) in [6, 6.07) is 5.83. The van der Waals surface area contributed by atoms with Crippen molar-refractivity contribution in [3.05, 3.63) is 53.2 Å². The van der Waals surface area contributed by atoms with Crippen molar-refractivity contribution in [2.75, 3.05) is 50.0 Å². The third-order valence-electron chi connectivity index (χ3n) is 6.01. The van der Waals surface area contributed by atoms with E-state index in [0.717, 1.165) is 11.9 Å². The lowest BCUT2D eigenvalue weighted by molar-refractivity contribution is -0.131. The van der Waals surface area contributed by atoms with E-state index >= 15 is 0 Å². The number of carbonyl (C=O) groups is 1. The first-order valence-electron chi connectivity index (χ1n) is 11.5. The number of nitrogens with zero attached hydrogens (tertiary/aromatic N) is 5. The highest BCUT2D eigenvalue weighted by Crippen LogP contribution is 2.27. The molecule has 0 unspecified atom stereocenters. The highest BCUT2D eigenvalue weighted by Gasteiger charge is 2.22. The molecule has 1 aliphatic heterocycles. The van der Waals surface area contributed by atoms with E-state index in [0.29, 0.717) is 61.7 Å². The number of halogens is 3. The van der Waals surface area contributed by atoms with Gasteiger partial charge in [0.1, 0.15) is 23.3 Å². The molecule has 1 saturated heterocycles. The Morgan fingerprint density at radius 2 is 1.94 bits per heavy atom. The van der Waals surface area contributed by atoms with Crippen molar-refractivity contribution < 1.29 is 18.0 Å². The Morgan fingerprint density at radius 1 is 1.17 bits per heavy atom. The summed E-state index contributed by atoms with van der Waals surface area (Å²) in [6.45, 7) is 4.88. The van der Waals surface area contributed by atoms with Gasteiger partial charge in [0.25, 0.3) is 6.43 Å². The normalized spacial score (nSPS) is 14.1. The van der Waals surface area contributed by atoms with Gasteiger partial charge in [0.05, 0.1) is 17.3 Å². The predicted octanol–water partition coefficient (Wildman–Crippen LogP) is 3.28. The van der Waals surface area contributed by atoms with Crippen molar-refractivity contribution in [3.63, 3.8) is 0 Å². The van der Waals surface area contributed by atoms with Gasteiger partial charge in [0.15, 0.2) is 0 Å². The van der Waals surface area contributed by atoms with E-state index in [9.17, 15) is 18.0 Å².